The van der Waals surface area contributed by atoms with Gasteiger partial charge in [-0.25, -0.2) is 0 Å². The van der Waals surface area contributed by atoms with Crippen LogP contribution in [0.3, 0.4) is 0 Å². The van der Waals surface area contributed by atoms with E-state index < -0.39 is 0 Å². The number of carbonyl (C=O) groups excluding carboxylic acids is 1. The quantitative estimate of drug-likeness (QED) is 0.566. The van der Waals surface area contributed by atoms with Crippen LogP contribution in [0.15, 0.2) is 48.5 Å². The van der Waals surface area contributed by atoms with Crippen LogP contribution in [-0.2, 0) is 4.79 Å². The number of aromatic hydroxyl groups is 1. The van der Waals surface area contributed by atoms with E-state index in [1.165, 1.54) is 6.92 Å². The summed E-state index contributed by atoms with van der Waals surface area (Å²) in [6, 6.07) is 14.8. The average molecular weight is 284 g/mol. The Bertz CT molecular complexity index is 772. The van der Waals surface area contributed by atoms with Crippen LogP contribution >= 0.6 is 11.3 Å². The number of carbonyl (C=O) groups is 1. The molecule has 3 nitrogen and oxygen atoms in total. The Hall–Kier alpha value is -2.33. The molecule has 1 heterocycles. The number of benzene rings is 2. The zero-order valence-corrected chi connectivity index (χ0v) is 11.6. The molecule has 0 saturated carbocycles. The third kappa shape index (κ3) is 2.51. The molecule has 2 aromatic carbocycles. The minimum Gasteiger partial charge on any atom is -0.508 e. The molecule has 0 fully saturated rings. The zero-order chi connectivity index (χ0) is 14.1. The molecule has 0 aliphatic heterocycles. The molecule has 4 heteroatoms. The van der Waals surface area contributed by atoms with Crippen LogP contribution in [0.2, 0.25) is 0 Å². The van der Waals surface area contributed by atoms with Crippen LogP contribution in [0.5, 0.6) is 11.5 Å². The van der Waals surface area contributed by atoms with E-state index in [0.717, 1.165) is 20.5 Å². The monoisotopic (exact) mass is 284 g/mol. The molecule has 0 spiro atoms. The first-order valence-electron chi connectivity index (χ1n) is 6.13. The third-order valence-corrected chi connectivity index (χ3v) is 4.05. The number of phenolic OH excluding ortho intramolecular Hbond substituents is 1. The number of hydrogen-bond donors (Lipinski definition) is 1. The molecule has 0 radical (unpaired) electrons. The predicted octanol–water partition coefficient (Wildman–Crippen LogP) is 4.20. The van der Waals surface area contributed by atoms with Crippen molar-refractivity contribution >= 4 is 27.4 Å². The number of hydrogen-bond acceptors (Lipinski definition) is 4. The minimum atomic E-state index is -0.320. The van der Waals surface area contributed by atoms with Gasteiger partial charge in [0.25, 0.3) is 0 Å². The van der Waals surface area contributed by atoms with Gasteiger partial charge in [-0.1, -0.05) is 0 Å². The molecule has 0 amide bonds. The van der Waals surface area contributed by atoms with E-state index in [4.69, 9.17) is 4.74 Å². The van der Waals surface area contributed by atoms with Gasteiger partial charge in [-0.2, -0.15) is 0 Å². The van der Waals surface area contributed by atoms with Crippen LogP contribution in [0.25, 0.3) is 20.5 Å². The van der Waals surface area contributed by atoms with E-state index in [2.05, 4.69) is 6.07 Å². The maximum atomic E-state index is 11.0. The van der Waals surface area contributed by atoms with E-state index in [9.17, 15) is 9.90 Å². The number of thiophene rings is 1. The summed E-state index contributed by atoms with van der Waals surface area (Å²) in [4.78, 5) is 12.1. The Morgan fingerprint density at radius 2 is 1.85 bits per heavy atom. The van der Waals surface area contributed by atoms with Gasteiger partial charge in [0.15, 0.2) is 0 Å². The summed E-state index contributed by atoms with van der Waals surface area (Å²) in [5.74, 6) is 0.496. The summed E-state index contributed by atoms with van der Waals surface area (Å²) in [6.07, 6.45) is 0. The van der Waals surface area contributed by atoms with Gasteiger partial charge >= 0.3 is 5.97 Å². The van der Waals surface area contributed by atoms with Crippen LogP contribution in [0, 0.1) is 0 Å². The maximum absolute atomic E-state index is 11.0. The number of fused-ring (bicyclic) bond motifs is 1. The molecule has 1 aromatic heterocycles. The van der Waals surface area contributed by atoms with Gasteiger partial charge in [0.1, 0.15) is 11.5 Å². The Morgan fingerprint density at radius 3 is 2.55 bits per heavy atom. The Balaban J connectivity index is 2.01. The number of esters is 1. The van der Waals surface area contributed by atoms with Crippen molar-refractivity contribution in [1.29, 1.82) is 0 Å². The standard InChI is InChI=1S/C16H12O3S/c1-10(17)19-14-7-4-12-8-15(20-16(12)9-14)11-2-5-13(18)6-3-11/h2-9,18H,1H3. The molecule has 3 rings (SSSR count). The number of ether oxygens (including phenoxy) is 1. The van der Waals surface area contributed by atoms with Gasteiger partial charge < -0.3 is 9.84 Å². The van der Waals surface area contributed by atoms with Crippen molar-refractivity contribution in [3.63, 3.8) is 0 Å². The Labute approximate surface area is 120 Å². The van der Waals surface area contributed by atoms with Crippen molar-refractivity contribution in [3.8, 4) is 21.9 Å². The Kier molecular flexibility index (Phi) is 3.16. The van der Waals surface area contributed by atoms with Gasteiger partial charge in [0.2, 0.25) is 0 Å². The molecule has 0 aliphatic rings. The number of rotatable bonds is 2. The SMILES string of the molecule is CC(=O)Oc1ccc2cc(-c3ccc(O)cc3)sc2c1. The van der Waals surface area contributed by atoms with Crippen molar-refractivity contribution in [1.82, 2.24) is 0 Å². The molecular formula is C16H12O3S. The highest BCUT2D eigenvalue weighted by Crippen LogP contribution is 2.35. The topological polar surface area (TPSA) is 46.5 Å². The van der Waals surface area contributed by atoms with Crippen molar-refractivity contribution in [2.75, 3.05) is 0 Å². The van der Waals surface area contributed by atoms with E-state index in [1.54, 1.807) is 29.5 Å². The fourth-order valence-electron chi connectivity index (χ4n) is 2.01. The maximum Gasteiger partial charge on any atom is 0.308 e. The summed E-state index contributed by atoms with van der Waals surface area (Å²) in [5, 5.41) is 10.4. The van der Waals surface area contributed by atoms with E-state index in [0.29, 0.717) is 5.75 Å². The lowest BCUT2D eigenvalue weighted by Crippen LogP contribution is -2.00. The van der Waals surface area contributed by atoms with Crippen LogP contribution in [0.4, 0.5) is 0 Å². The second-order valence-corrected chi connectivity index (χ2v) is 5.53. The van der Waals surface area contributed by atoms with Gasteiger partial charge in [0.05, 0.1) is 0 Å². The van der Waals surface area contributed by atoms with Crippen LogP contribution < -0.4 is 4.74 Å². The zero-order valence-electron chi connectivity index (χ0n) is 10.8. The molecule has 1 N–H and O–H groups in total. The highest BCUT2D eigenvalue weighted by atomic mass is 32.1. The Morgan fingerprint density at radius 1 is 1.10 bits per heavy atom. The molecule has 0 aliphatic carbocycles. The third-order valence-electron chi connectivity index (χ3n) is 2.90. The fraction of sp³-hybridized carbons (Fsp3) is 0.0625. The van der Waals surface area contributed by atoms with Gasteiger partial charge in [-0.05, 0) is 59.5 Å². The highest BCUT2D eigenvalue weighted by Gasteiger charge is 2.06. The average Bonchev–Trinajstić information content (AvgIpc) is 2.81. The highest BCUT2D eigenvalue weighted by molar-refractivity contribution is 7.22. The molecular weight excluding hydrogens is 272 g/mol. The van der Waals surface area contributed by atoms with E-state index >= 15 is 0 Å². The summed E-state index contributed by atoms with van der Waals surface area (Å²) in [5.41, 5.74) is 1.05. The smallest absolute Gasteiger partial charge is 0.308 e. The molecule has 0 unspecified atom stereocenters. The van der Waals surface area contributed by atoms with Gasteiger partial charge in [0, 0.05) is 16.5 Å². The van der Waals surface area contributed by atoms with Crippen LogP contribution in [0.1, 0.15) is 6.92 Å². The second kappa shape index (κ2) is 4.98. The summed E-state index contributed by atoms with van der Waals surface area (Å²) < 4.78 is 6.15. The lowest BCUT2D eigenvalue weighted by molar-refractivity contribution is -0.131. The minimum absolute atomic E-state index is 0.256. The first-order valence-corrected chi connectivity index (χ1v) is 6.95. The van der Waals surface area contributed by atoms with Crippen molar-refractivity contribution in [2.24, 2.45) is 0 Å². The molecule has 0 saturated heterocycles. The van der Waals surface area contributed by atoms with Gasteiger partial charge in [-0.15, -0.1) is 11.3 Å². The molecule has 0 bridgehead atoms. The summed E-state index contributed by atoms with van der Waals surface area (Å²) >= 11 is 1.62. The van der Waals surface area contributed by atoms with Gasteiger partial charge in [-0.3, -0.25) is 4.79 Å². The molecule has 20 heavy (non-hydrogen) atoms. The summed E-state index contributed by atoms with van der Waals surface area (Å²) in [7, 11) is 0. The van der Waals surface area contributed by atoms with Crippen molar-refractivity contribution in [3.05, 3.63) is 48.5 Å². The first-order chi connectivity index (χ1) is 9.61. The molecule has 0 atom stereocenters. The fourth-order valence-corrected chi connectivity index (χ4v) is 3.11. The molecule has 100 valence electrons. The lowest BCUT2D eigenvalue weighted by Gasteiger charge is -1.99. The molecule has 3 aromatic rings. The second-order valence-electron chi connectivity index (χ2n) is 4.45. The first kappa shape index (κ1) is 12.7. The van der Waals surface area contributed by atoms with Crippen molar-refractivity contribution in [2.45, 2.75) is 6.92 Å². The lowest BCUT2D eigenvalue weighted by atomic mass is 10.1. The van der Waals surface area contributed by atoms with E-state index in [-0.39, 0.29) is 11.7 Å². The van der Waals surface area contributed by atoms with Crippen molar-refractivity contribution < 1.29 is 14.6 Å². The van der Waals surface area contributed by atoms with E-state index in [1.807, 2.05) is 24.3 Å². The largest absolute Gasteiger partial charge is 0.508 e. The predicted molar refractivity (Wildman–Crippen MR) is 80.2 cm³/mol. The normalized spacial score (nSPS) is 10.7. The van der Waals surface area contributed by atoms with Crippen LogP contribution in [-0.4, -0.2) is 11.1 Å². The summed E-state index contributed by atoms with van der Waals surface area (Å²) in [6.45, 7) is 1.39. The number of phenols is 1.